The molecular weight excluding hydrogens is 279 g/mol. The fraction of sp³-hybridized carbons (Fsp3) is 1.00. The van der Waals surface area contributed by atoms with Gasteiger partial charge in [0, 0.05) is 6.16 Å². The van der Waals surface area contributed by atoms with Crippen molar-refractivity contribution in [2.24, 2.45) is 0 Å². The lowest BCUT2D eigenvalue weighted by Crippen LogP contribution is -1.86. The lowest BCUT2D eigenvalue weighted by atomic mass is 10.0. The van der Waals surface area contributed by atoms with Crippen molar-refractivity contribution in [2.45, 2.75) is 104 Å². The zero-order valence-electron chi connectivity index (χ0n) is 14.6. The standard InChI is InChI=1S/C18H39O2P/c1-3-5-6-7-8-9-10-11-12-13-14-15-16-17-18-21(19)20-4-2/h21H,3-18H2,1-2H3. The molecule has 0 aromatic rings. The summed E-state index contributed by atoms with van der Waals surface area (Å²) in [6.45, 7) is 4.78. The van der Waals surface area contributed by atoms with Crippen LogP contribution in [-0.2, 0) is 9.09 Å². The molecule has 0 aliphatic heterocycles. The van der Waals surface area contributed by atoms with E-state index in [4.69, 9.17) is 4.52 Å². The number of unbranched alkanes of at least 4 members (excludes halogenated alkanes) is 13. The number of hydrogen-bond donors (Lipinski definition) is 0. The first kappa shape index (κ1) is 21.2. The van der Waals surface area contributed by atoms with Gasteiger partial charge in [0.05, 0.1) is 6.61 Å². The molecule has 0 aliphatic carbocycles. The maximum absolute atomic E-state index is 11.3. The molecule has 1 unspecified atom stereocenters. The summed E-state index contributed by atoms with van der Waals surface area (Å²) < 4.78 is 16.4. The Morgan fingerprint density at radius 1 is 0.619 bits per heavy atom. The summed E-state index contributed by atoms with van der Waals surface area (Å²) in [6.07, 6.45) is 19.9. The SMILES string of the molecule is CCCCCCCCCCCCCCCC[PH](=O)OCC. The largest absolute Gasteiger partial charge is 0.331 e. The van der Waals surface area contributed by atoms with Gasteiger partial charge in [-0.1, -0.05) is 90.4 Å². The highest BCUT2D eigenvalue weighted by molar-refractivity contribution is 7.39. The summed E-state index contributed by atoms with van der Waals surface area (Å²) >= 11 is 0. The quantitative estimate of drug-likeness (QED) is 0.213. The van der Waals surface area contributed by atoms with Crippen molar-refractivity contribution in [1.29, 1.82) is 0 Å². The van der Waals surface area contributed by atoms with Crippen molar-refractivity contribution in [1.82, 2.24) is 0 Å². The van der Waals surface area contributed by atoms with Crippen LogP contribution in [0.15, 0.2) is 0 Å². The van der Waals surface area contributed by atoms with Gasteiger partial charge in [-0.25, -0.2) is 0 Å². The normalized spacial score (nSPS) is 12.7. The zero-order valence-corrected chi connectivity index (χ0v) is 15.6. The van der Waals surface area contributed by atoms with E-state index in [0.29, 0.717) is 6.61 Å². The van der Waals surface area contributed by atoms with Crippen molar-refractivity contribution >= 4 is 8.03 Å². The van der Waals surface area contributed by atoms with E-state index in [1.807, 2.05) is 6.92 Å². The molecular formula is C18H39O2P. The Kier molecular flexibility index (Phi) is 18.4. The van der Waals surface area contributed by atoms with Crippen LogP contribution < -0.4 is 0 Å². The third-order valence-corrected chi connectivity index (χ3v) is 5.41. The summed E-state index contributed by atoms with van der Waals surface area (Å²) in [6, 6.07) is 0. The average molecular weight is 318 g/mol. The van der Waals surface area contributed by atoms with Crippen LogP contribution in [0.4, 0.5) is 0 Å². The van der Waals surface area contributed by atoms with E-state index in [-0.39, 0.29) is 0 Å². The maximum atomic E-state index is 11.3. The van der Waals surface area contributed by atoms with E-state index < -0.39 is 8.03 Å². The minimum Gasteiger partial charge on any atom is -0.331 e. The molecule has 0 saturated carbocycles. The van der Waals surface area contributed by atoms with Crippen LogP contribution in [0.25, 0.3) is 0 Å². The molecule has 0 saturated heterocycles. The van der Waals surface area contributed by atoms with E-state index >= 15 is 0 Å². The van der Waals surface area contributed by atoms with Crippen LogP contribution in [0.2, 0.25) is 0 Å². The smallest absolute Gasteiger partial charge is 0.191 e. The fourth-order valence-electron chi connectivity index (χ4n) is 2.70. The molecule has 0 aromatic carbocycles. The summed E-state index contributed by atoms with van der Waals surface area (Å²) in [7, 11) is -1.71. The molecule has 21 heavy (non-hydrogen) atoms. The zero-order chi connectivity index (χ0) is 15.6. The maximum Gasteiger partial charge on any atom is 0.191 e. The molecule has 3 heteroatoms. The van der Waals surface area contributed by atoms with Gasteiger partial charge in [-0.3, -0.25) is 4.57 Å². The van der Waals surface area contributed by atoms with Gasteiger partial charge in [0.2, 0.25) is 0 Å². The summed E-state index contributed by atoms with van der Waals surface area (Å²) in [5.41, 5.74) is 0. The highest BCUT2D eigenvalue weighted by atomic mass is 31.1. The first-order valence-corrected chi connectivity index (χ1v) is 11.0. The van der Waals surface area contributed by atoms with Crippen LogP contribution in [0, 0.1) is 0 Å². The van der Waals surface area contributed by atoms with Gasteiger partial charge >= 0.3 is 0 Å². The number of rotatable bonds is 17. The predicted molar refractivity (Wildman–Crippen MR) is 95.8 cm³/mol. The summed E-state index contributed by atoms with van der Waals surface area (Å²) in [4.78, 5) is 0. The van der Waals surface area contributed by atoms with Gasteiger partial charge in [0.15, 0.2) is 8.03 Å². The Morgan fingerprint density at radius 2 is 1.00 bits per heavy atom. The third kappa shape index (κ3) is 18.1. The highest BCUT2D eigenvalue weighted by Crippen LogP contribution is 2.24. The fourth-order valence-corrected chi connectivity index (χ4v) is 3.70. The molecule has 0 spiro atoms. The van der Waals surface area contributed by atoms with Gasteiger partial charge < -0.3 is 4.52 Å². The van der Waals surface area contributed by atoms with Crippen molar-refractivity contribution in [3.8, 4) is 0 Å². The molecule has 0 radical (unpaired) electrons. The van der Waals surface area contributed by atoms with Crippen molar-refractivity contribution in [3.05, 3.63) is 0 Å². The van der Waals surface area contributed by atoms with Crippen molar-refractivity contribution in [2.75, 3.05) is 12.8 Å². The molecule has 0 heterocycles. The predicted octanol–water partition coefficient (Wildman–Crippen LogP) is 6.98. The van der Waals surface area contributed by atoms with Gasteiger partial charge in [0.1, 0.15) is 0 Å². The first-order chi connectivity index (χ1) is 10.3. The second-order valence-corrected chi connectivity index (χ2v) is 7.68. The molecule has 0 amide bonds. The Hall–Kier alpha value is 0.190. The van der Waals surface area contributed by atoms with E-state index in [1.54, 1.807) is 0 Å². The lowest BCUT2D eigenvalue weighted by Gasteiger charge is -2.03. The molecule has 0 aliphatic rings. The Morgan fingerprint density at radius 3 is 1.38 bits per heavy atom. The average Bonchev–Trinajstić information content (AvgIpc) is 2.48. The van der Waals surface area contributed by atoms with Gasteiger partial charge in [0.25, 0.3) is 0 Å². The van der Waals surface area contributed by atoms with E-state index in [2.05, 4.69) is 6.92 Å². The van der Waals surface area contributed by atoms with Crippen LogP contribution in [0.5, 0.6) is 0 Å². The molecule has 0 N–H and O–H groups in total. The second kappa shape index (κ2) is 18.2. The molecule has 0 bridgehead atoms. The van der Waals surface area contributed by atoms with E-state index in [1.165, 1.54) is 83.5 Å². The van der Waals surface area contributed by atoms with Gasteiger partial charge in [-0.2, -0.15) is 0 Å². The van der Waals surface area contributed by atoms with Crippen LogP contribution >= 0.6 is 8.03 Å². The molecule has 0 rings (SSSR count). The van der Waals surface area contributed by atoms with Crippen molar-refractivity contribution < 1.29 is 9.09 Å². The topological polar surface area (TPSA) is 26.3 Å². The molecule has 0 aromatic heterocycles. The molecule has 2 nitrogen and oxygen atoms in total. The van der Waals surface area contributed by atoms with Crippen molar-refractivity contribution in [3.63, 3.8) is 0 Å². The van der Waals surface area contributed by atoms with Gasteiger partial charge in [-0.15, -0.1) is 0 Å². The second-order valence-electron chi connectivity index (χ2n) is 6.15. The summed E-state index contributed by atoms with van der Waals surface area (Å²) in [5.74, 6) is 0. The highest BCUT2D eigenvalue weighted by Gasteiger charge is 1.98. The molecule has 1 atom stereocenters. The van der Waals surface area contributed by atoms with Crippen LogP contribution in [-0.4, -0.2) is 12.8 Å². The van der Waals surface area contributed by atoms with Crippen LogP contribution in [0.3, 0.4) is 0 Å². The van der Waals surface area contributed by atoms with E-state index in [0.717, 1.165) is 12.6 Å². The van der Waals surface area contributed by atoms with Crippen LogP contribution in [0.1, 0.15) is 104 Å². The first-order valence-electron chi connectivity index (χ1n) is 9.46. The lowest BCUT2D eigenvalue weighted by molar-refractivity contribution is 0.349. The third-order valence-electron chi connectivity index (χ3n) is 4.04. The summed E-state index contributed by atoms with van der Waals surface area (Å²) in [5, 5.41) is 0. The Balaban J connectivity index is 3.01. The Bertz CT molecular complexity index is 219. The number of hydrogen-bond acceptors (Lipinski definition) is 2. The minimum atomic E-state index is -1.71. The molecule has 0 fully saturated rings. The monoisotopic (exact) mass is 318 g/mol. The van der Waals surface area contributed by atoms with E-state index in [9.17, 15) is 4.57 Å². The minimum absolute atomic E-state index is 0.594. The molecule has 128 valence electrons. The Labute approximate surface area is 134 Å². The van der Waals surface area contributed by atoms with Gasteiger partial charge in [-0.05, 0) is 13.3 Å².